The van der Waals surface area contributed by atoms with Gasteiger partial charge in [0.25, 0.3) is 5.91 Å². The molecule has 1 aromatic rings. The van der Waals surface area contributed by atoms with Crippen molar-refractivity contribution < 1.29 is 14.1 Å². The Hall–Kier alpha value is -1.29. The van der Waals surface area contributed by atoms with Gasteiger partial charge in [0.2, 0.25) is 0 Å². The number of likely N-dealkylation sites (N-methyl/N-ethyl adjacent to an activating group) is 1. The summed E-state index contributed by atoms with van der Waals surface area (Å²) in [7, 11) is 2.06. The molecule has 0 spiro atoms. The molecule has 0 aliphatic heterocycles. The van der Waals surface area contributed by atoms with E-state index in [4.69, 9.17) is 4.42 Å². The number of aryl methyl sites for hydroxylation is 1. The highest BCUT2D eigenvalue weighted by atomic mass is 16.3. The van der Waals surface area contributed by atoms with Gasteiger partial charge in [0, 0.05) is 6.04 Å². The largest absolute Gasteiger partial charge is 0.460 e. The van der Waals surface area contributed by atoms with E-state index in [-0.39, 0.29) is 5.91 Å². The Balaban J connectivity index is 1.31. The van der Waals surface area contributed by atoms with Crippen molar-refractivity contribution in [1.82, 2.24) is 5.32 Å². The fraction of sp³-hybridized carbons (Fsp3) is 0.762. The van der Waals surface area contributed by atoms with Gasteiger partial charge in [-0.05, 0) is 87.7 Å². The molecule has 4 nitrogen and oxygen atoms in total. The molecule has 2 atom stereocenters. The number of hydrogen-bond donors (Lipinski definition) is 2. The number of carbonyl (C=O) groups excluding carboxylic acids is 1. The number of quaternary nitrogens is 1. The number of carbonyl (C=O) groups is 1. The van der Waals surface area contributed by atoms with E-state index in [9.17, 15) is 4.79 Å². The van der Waals surface area contributed by atoms with Crippen LogP contribution in [0, 0.1) is 30.1 Å². The molecule has 138 valence electrons. The number of furan rings is 1. The SMILES string of the molecule is Cc1ccc(C[NH+](C)CC(=O)N[C@@H](C)C23CC4CC(CC(C4)C2)C3)o1. The lowest BCUT2D eigenvalue weighted by Gasteiger charge is -2.59. The molecule has 5 rings (SSSR count). The van der Waals surface area contributed by atoms with E-state index >= 15 is 0 Å². The third-order valence-electron chi connectivity index (χ3n) is 7.12. The molecule has 1 unspecified atom stereocenters. The maximum Gasteiger partial charge on any atom is 0.275 e. The minimum atomic E-state index is 0.184. The number of rotatable bonds is 6. The molecular weight excluding hydrogens is 312 g/mol. The van der Waals surface area contributed by atoms with Crippen LogP contribution in [-0.2, 0) is 11.3 Å². The van der Waals surface area contributed by atoms with Gasteiger partial charge in [-0.25, -0.2) is 0 Å². The first kappa shape index (κ1) is 17.1. The minimum Gasteiger partial charge on any atom is -0.460 e. The third kappa shape index (κ3) is 3.51. The van der Waals surface area contributed by atoms with Gasteiger partial charge in [-0.3, -0.25) is 4.79 Å². The zero-order chi connectivity index (χ0) is 17.6. The van der Waals surface area contributed by atoms with E-state index in [0.29, 0.717) is 18.0 Å². The molecule has 2 N–H and O–H groups in total. The zero-order valence-corrected chi connectivity index (χ0v) is 15.9. The van der Waals surface area contributed by atoms with Crippen LogP contribution in [0.25, 0.3) is 0 Å². The molecule has 0 radical (unpaired) electrons. The average Bonchev–Trinajstić information content (AvgIpc) is 2.90. The number of nitrogens with one attached hydrogen (secondary N) is 2. The predicted molar refractivity (Wildman–Crippen MR) is 97.1 cm³/mol. The summed E-state index contributed by atoms with van der Waals surface area (Å²) in [4.78, 5) is 13.8. The van der Waals surface area contributed by atoms with Crippen molar-refractivity contribution >= 4 is 5.91 Å². The molecule has 4 bridgehead atoms. The summed E-state index contributed by atoms with van der Waals surface area (Å²) in [5.74, 6) is 4.87. The van der Waals surface area contributed by atoms with Gasteiger partial charge in [-0.1, -0.05) is 0 Å². The lowest BCUT2D eigenvalue weighted by molar-refractivity contribution is -0.886. The maximum absolute atomic E-state index is 12.6. The van der Waals surface area contributed by atoms with Crippen LogP contribution in [0.4, 0.5) is 0 Å². The molecule has 1 heterocycles. The average molecular weight is 346 g/mol. The fourth-order valence-electron chi connectivity index (χ4n) is 6.37. The molecule has 4 fully saturated rings. The van der Waals surface area contributed by atoms with E-state index < -0.39 is 0 Å². The van der Waals surface area contributed by atoms with Gasteiger partial charge in [-0.15, -0.1) is 0 Å². The van der Waals surface area contributed by atoms with E-state index in [0.717, 1.165) is 35.8 Å². The van der Waals surface area contributed by atoms with Crippen molar-refractivity contribution in [3.05, 3.63) is 23.7 Å². The second-order valence-electron chi connectivity index (χ2n) is 9.39. The first-order valence-electron chi connectivity index (χ1n) is 10.1. The molecule has 4 aliphatic rings. The molecule has 0 aromatic carbocycles. The van der Waals surface area contributed by atoms with Crippen LogP contribution in [0.3, 0.4) is 0 Å². The highest BCUT2D eigenvalue weighted by Gasteiger charge is 2.53. The Labute approximate surface area is 151 Å². The summed E-state index contributed by atoms with van der Waals surface area (Å²) in [6, 6.07) is 4.30. The van der Waals surface area contributed by atoms with Crippen LogP contribution in [0.15, 0.2) is 16.5 Å². The molecule has 1 aromatic heterocycles. The summed E-state index contributed by atoms with van der Waals surface area (Å²) < 4.78 is 5.63. The molecule has 25 heavy (non-hydrogen) atoms. The molecule has 4 aliphatic carbocycles. The maximum atomic E-state index is 12.6. The number of hydrogen-bond acceptors (Lipinski definition) is 2. The Kier molecular flexibility index (Phi) is 4.43. The van der Waals surface area contributed by atoms with E-state index in [1.54, 1.807) is 0 Å². The topological polar surface area (TPSA) is 46.7 Å². The second kappa shape index (κ2) is 6.46. The van der Waals surface area contributed by atoms with E-state index in [1.165, 1.54) is 43.4 Å². The monoisotopic (exact) mass is 345 g/mol. The van der Waals surface area contributed by atoms with Crippen LogP contribution >= 0.6 is 0 Å². The van der Waals surface area contributed by atoms with Crippen molar-refractivity contribution in [2.75, 3.05) is 13.6 Å². The highest BCUT2D eigenvalue weighted by molar-refractivity contribution is 5.77. The lowest BCUT2D eigenvalue weighted by atomic mass is 9.48. The van der Waals surface area contributed by atoms with Gasteiger partial charge >= 0.3 is 0 Å². The van der Waals surface area contributed by atoms with Gasteiger partial charge < -0.3 is 14.6 Å². The Bertz CT molecular complexity index is 600. The summed E-state index contributed by atoms with van der Waals surface area (Å²) in [5, 5.41) is 3.37. The number of amides is 1. The van der Waals surface area contributed by atoms with Gasteiger partial charge in [0.1, 0.15) is 12.3 Å². The van der Waals surface area contributed by atoms with Gasteiger partial charge in [0.05, 0.1) is 7.05 Å². The van der Waals surface area contributed by atoms with Gasteiger partial charge in [-0.2, -0.15) is 0 Å². The van der Waals surface area contributed by atoms with Crippen LogP contribution in [-0.4, -0.2) is 25.5 Å². The Morgan fingerprint density at radius 2 is 1.84 bits per heavy atom. The minimum absolute atomic E-state index is 0.184. The van der Waals surface area contributed by atoms with Crippen molar-refractivity contribution in [3.8, 4) is 0 Å². The van der Waals surface area contributed by atoms with E-state index in [1.807, 2.05) is 19.1 Å². The summed E-state index contributed by atoms with van der Waals surface area (Å²) in [5.41, 5.74) is 0.385. The molecule has 4 heteroatoms. The summed E-state index contributed by atoms with van der Waals surface area (Å²) >= 11 is 0. The predicted octanol–water partition coefficient (Wildman–Crippen LogP) is 2.32. The zero-order valence-electron chi connectivity index (χ0n) is 15.9. The first-order chi connectivity index (χ1) is 11.9. The molecule has 0 saturated heterocycles. The third-order valence-corrected chi connectivity index (χ3v) is 7.12. The molecule has 1 amide bonds. The van der Waals surface area contributed by atoms with Crippen LogP contribution < -0.4 is 10.2 Å². The normalized spacial score (nSPS) is 35.6. The van der Waals surface area contributed by atoms with Crippen molar-refractivity contribution in [1.29, 1.82) is 0 Å². The standard InChI is InChI=1S/C21H32N2O2/c1-14-4-5-19(25-14)12-23(3)13-20(24)22-15(2)21-9-16-6-17(10-21)8-18(7-16)11-21/h4-5,15-18H,6-13H2,1-3H3,(H,22,24)/p+1/t15-,16?,17?,18?,21?/m0/s1. The Morgan fingerprint density at radius 1 is 1.24 bits per heavy atom. The van der Waals surface area contributed by atoms with Crippen molar-refractivity contribution in [3.63, 3.8) is 0 Å². The van der Waals surface area contributed by atoms with Gasteiger partial charge in [0.15, 0.2) is 12.3 Å². The Morgan fingerprint density at radius 3 is 2.36 bits per heavy atom. The summed E-state index contributed by atoms with van der Waals surface area (Å²) in [6.07, 6.45) is 8.39. The van der Waals surface area contributed by atoms with Crippen LogP contribution in [0.5, 0.6) is 0 Å². The molecule has 4 saturated carbocycles. The van der Waals surface area contributed by atoms with Crippen molar-refractivity contribution in [2.45, 2.75) is 65.0 Å². The van der Waals surface area contributed by atoms with Crippen LogP contribution in [0.1, 0.15) is 57.0 Å². The van der Waals surface area contributed by atoms with Crippen LogP contribution in [0.2, 0.25) is 0 Å². The smallest absolute Gasteiger partial charge is 0.275 e. The lowest BCUT2D eigenvalue weighted by Crippen LogP contribution is -3.09. The van der Waals surface area contributed by atoms with E-state index in [2.05, 4.69) is 19.3 Å². The second-order valence-corrected chi connectivity index (χ2v) is 9.39. The molecular formula is C21H33N2O2+. The fourth-order valence-corrected chi connectivity index (χ4v) is 6.37. The quantitative estimate of drug-likeness (QED) is 0.831. The first-order valence-corrected chi connectivity index (χ1v) is 10.1. The highest BCUT2D eigenvalue weighted by Crippen LogP contribution is 2.61. The van der Waals surface area contributed by atoms with Crippen molar-refractivity contribution in [2.24, 2.45) is 23.2 Å². The summed E-state index contributed by atoms with van der Waals surface area (Å²) in [6.45, 7) is 5.48.